The number of aliphatic imine (C=N–C) groups is 1. The molecule has 2 aromatic rings. The second kappa shape index (κ2) is 11.6. The zero-order valence-corrected chi connectivity index (χ0v) is 16.6. The summed E-state index contributed by atoms with van der Waals surface area (Å²) in [6, 6.07) is 11.6. The van der Waals surface area contributed by atoms with Crippen molar-refractivity contribution in [3.63, 3.8) is 0 Å². The number of guanidine groups is 1. The first-order chi connectivity index (χ1) is 11.7. The van der Waals surface area contributed by atoms with E-state index in [1.165, 1.54) is 12.1 Å². The summed E-state index contributed by atoms with van der Waals surface area (Å²) < 4.78 is 14.6. The lowest BCUT2D eigenvalue weighted by Gasteiger charge is -2.12. The average Bonchev–Trinajstić information content (AvgIpc) is 2.60. The van der Waals surface area contributed by atoms with E-state index in [2.05, 4.69) is 15.6 Å². The van der Waals surface area contributed by atoms with E-state index in [4.69, 9.17) is 0 Å². The fraction of sp³-hybridized carbons (Fsp3) is 0.333. The summed E-state index contributed by atoms with van der Waals surface area (Å²) >= 11 is 0. The molecule has 0 aliphatic carbocycles. The minimum Gasteiger partial charge on any atom is -0.356 e. The molecule has 0 bridgehead atoms. The molecule has 0 aliphatic rings. The number of nitrogens with zero attached hydrogens (tertiary/aromatic N) is 2. The van der Waals surface area contributed by atoms with Crippen LogP contribution in [0.15, 0.2) is 58.4 Å². The second-order valence-electron chi connectivity index (χ2n) is 5.42. The Kier molecular flexibility index (Phi) is 9.83. The van der Waals surface area contributed by atoms with Crippen molar-refractivity contribution in [2.75, 3.05) is 13.6 Å². The molecule has 2 N–H and O–H groups in total. The van der Waals surface area contributed by atoms with Crippen molar-refractivity contribution in [1.82, 2.24) is 15.2 Å². The van der Waals surface area contributed by atoms with Crippen LogP contribution in [0, 0.1) is 5.82 Å². The number of rotatable bonds is 7. The van der Waals surface area contributed by atoms with Gasteiger partial charge in [-0.2, -0.15) is 0 Å². The zero-order chi connectivity index (χ0) is 17.2. The van der Waals surface area contributed by atoms with Crippen LogP contribution < -0.4 is 16.2 Å². The molecule has 25 heavy (non-hydrogen) atoms. The van der Waals surface area contributed by atoms with Gasteiger partial charge in [-0.05, 0) is 36.6 Å². The van der Waals surface area contributed by atoms with Gasteiger partial charge >= 0.3 is 0 Å². The molecule has 0 spiro atoms. The van der Waals surface area contributed by atoms with Crippen molar-refractivity contribution in [3.05, 3.63) is 70.4 Å². The smallest absolute Gasteiger partial charge is 0.250 e. The van der Waals surface area contributed by atoms with Gasteiger partial charge in [0.25, 0.3) is 0 Å². The number of hydrogen-bond donors (Lipinski definition) is 2. The van der Waals surface area contributed by atoms with Crippen molar-refractivity contribution >= 4 is 29.9 Å². The maximum Gasteiger partial charge on any atom is 0.250 e. The third-order valence-corrected chi connectivity index (χ3v) is 3.61. The summed E-state index contributed by atoms with van der Waals surface area (Å²) in [7, 11) is 1.71. The molecule has 1 heterocycles. The molecule has 136 valence electrons. The highest BCUT2D eigenvalue weighted by molar-refractivity contribution is 14.0. The van der Waals surface area contributed by atoms with Gasteiger partial charge in [0.2, 0.25) is 5.56 Å². The fourth-order valence-corrected chi connectivity index (χ4v) is 2.27. The molecule has 7 heteroatoms. The minimum atomic E-state index is -0.237. The van der Waals surface area contributed by atoms with Gasteiger partial charge in [0, 0.05) is 38.9 Å². The van der Waals surface area contributed by atoms with Crippen molar-refractivity contribution in [2.24, 2.45) is 4.99 Å². The van der Waals surface area contributed by atoms with Crippen LogP contribution in [0.2, 0.25) is 0 Å². The van der Waals surface area contributed by atoms with Crippen LogP contribution in [0.25, 0.3) is 0 Å². The Morgan fingerprint density at radius 1 is 1.12 bits per heavy atom. The van der Waals surface area contributed by atoms with Crippen molar-refractivity contribution in [3.8, 4) is 0 Å². The predicted octanol–water partition coefficient (Wildman–Crippen LogP) is 2.75. The van der Waals surface area contributed by atoms with Gasteiger partial charge in [-0.25, -0.2) is 4.39 Å². The number of hydrogen-bond acceptors (Lipinski definition) is 2. The molecule has 0 radical (unpaired) electrons. The van der Waals surface area contributed by atoms with Gasteiger partial charge in [0.15, 0.2) is 5.96 Å². The Bertz CT molecular complexity index is 716. The molecule has 0 atom stereocenters. The summed E-state index contributed by atoms with van der Waals surface area (Å²) in [4.78, 5) is 15.7. The van der Waals surface area contributed by atoms with Crippen LogP contribution in [0.3, 0.4) is 0 Å². The quantitative estimate of drug-likeness (QED) is 0.291. The van der Waals surface area contributed by atoms with E-state index in [0.717, 1.165) is 24.9 Å². The Morgan fingerprint density at radius 3 is 2.56 bits per heavy atom. The average molecular weight is 458 g/mol. The third-order valence-electron chi connectivity index (χ3n) is 3.61. The maximum atomic E-state index is 12.9. The first kappa shape index (κ1) is 21.1. The van der Waals surface area contributed by atoms with Crippen LogP contribution in [-0.2, 0) is 13.1 Å². The molecule has 0 aliphatic heterocycles. The van der Waals surface area contributed by atoms with Crippen LogP contribution >= 0.6 is 24.0 Å². The molecule has 0 saturated heterocycles. The van der Waals surface area contributed by atoms with Gasteiger partial charge in [-0.3, -0.25) is 9.79 Å². The van der Waals surface area contributed by atoms with E-state index >= 15 is 0 Å². The maximum absolute atomic E-state index is 12.9. The lowest BCUT2D eigenvalue weighted by molar-refractivity contribution is 0.585. The van der Waals surface area contributed by atoms with Gasteiger partial charge in [0.1, 0.15) is 5.82 Å². The SMILES string of the molecule is CN=C(NCCCCn1ccccc1=O)NCc1ccc(F)cc1.I. The first-order valence-electron chi connectivity index (χ1n) is 8.03. The number of aromatic nitrogens is 1. The number of benzene rings is 1. The molecular weight excluding hydrogens is 434 g/mol. The first-order valence-corrected chi connectivity index (χ1v) is 8.03. The summed E-state index contributed by atoms with van der Waals surface area (Å²) in [5.41, 5.74) is 1.02. The Hall–Kier alpha value is -1.90. The summed E-state index contributed by atoms with van der Waals surface area (Å²) in [5, 5.41) is 6.41. The molecule has 0 fully saturated rings. The fourth-order valence-electron chi connectivity index (χ4n) is 2.27. The lowest BCUT2D eigenvalue weighted by atomic mass is 10.2. The minimum absolute atomic E-state index is 0. The van der Waals surface area contributed by atoms with Gasteiger partial charge in [-0.1, -0.05) is 18.2 Å². The Balaban J connectivity index is 0.00000312. The van der Waals surface area contributed by atoms with Crippen molar-refractivity contribution in [2.45, 2.75) is 25.9 Å². The number of aryl methyl sites for hydroxylation is 1. The summed E-state index contributed by atoms with van der Waals surface area (Å²) in [6.07, 6.45) is 3.64. The number of halogens is 2. The normalized spacial score (nSPS) is 10.9. The van der Waals surface area contributed by atoms with Crippen molar-refractivity contribution in [1.29, 1.82) is 0 Å². The Morgan fingerprint density at radius 2 is 1.88 bits per heavy atom. The van der Waals surface area contributed by atoms with Crippen molar-refractivity contribution < 1.29 is 4.39 Å². The van der Waals surface area contributed by atoms with Gasteiger partial charge < -0.3 is 15.2 Å². The Labute approximate surface area is 164 Å². The van der Waals surface area contributed by atoms with E-state index in [1.807, 2.05) is 6.07 Å². The van der Waals surface area contributed by atoms with Crippen LogP contribution in [0.4, 0.5) is 4.39 Å². The molecule has 0 amide bonds. The highest BCUT2D eigenvalue weighted by Gasteiger charge is 1.99. The van der Waals surface area contributed by atoms with E-state index in [1.54, 1.807) is 42.1 Å². The molecule has 2 rings (SSSR count). The summed E-state index contributed by atoms with van der Waals surface area (Å²) in [6.45, 7) is 2.06. The number of pyridine rings is 1. The summed E-state index contributed by atoms with van der Waals surface area (Å²) in [5.74, 6) is 0.468. The number of nitrogens with one attached hydrogen (secondary N) is 2. The predicted molar refractivity (Wildman–Crippen MR) is 110 cm³/mol. The zero-order valence-electron chi connectivity index (χ0n) is 14.2. The molecular formula is C18H24FIN4O. The van der Waals surface area contributed by atoms with E-state index in [-0.39, 0.29) is 35.4 Å². The van der Waals surface area contributed by atoms with Gasteiger partial charge in [0.05, 0.1) is 0 Å². The van der Waals surface area contributed by atoms with Crippen LogP contribution in [0.5, 0.6) is 0 Å². The highest BCUT2D eigenvalue weighted by atomic mass is 127. The monoisotopic (exact) mass is 458 g/mol. The molecule has 1 aromatic carbocycles. The molecule has 0 saturated carbocycles. The topological polar surface area (TPSA) is 58.4 Å². The standard InChI is InChI=1S/C18H23FN4O.HI/c1-20-18(22-14-15-7-9-16(19)10-8-15)21-11-3-5-13-23-12-4-2-6-17(23)24;/h2,4,6-10,12H,3,5,11,13-14H2,1H3,(H2,20,21,22);1H. The second-order valence-corrected chi connectivity index (χ2v) is 5.42. The largest absolute Gasteiger partial charge is 0.356 e. The highest BCUT2D eigenvalue weighted by Crippen LogP contribution is 2.01. The van der Waals surface area contributed by atoms with Gasteiger partial charge in [-0.15, -0.1) is 24.0 Å². The van der Waals surface area contributed by atoms with Crippen LogP contribution in [-0.4, -0.2) is 24.1 Å². The van der Waals surface area contributed by atoms with E-state index < -0.39 is 0 Å². The van der Waals surface area contributed by atoms with E-state index in [0.29, 0.717) is 19.0 Å². The molecule has 5 nitrogen and oxygen atoms in total. The lowest BCUT2D eigenvalue weighted by Crippen LogP contribution is -2.37. The molecule has 1 aromatic heterocycles. The van der Waals surface area contributed by atoms with Crippen LogP contribution in [0.1, 0.15) is 18.4 Å². The molecule has 0 unspecified atom stereocenters. The van der Waals surface area contributed by atoms with E-state index in [9.17, 15) is 9.18 Å². The third kappa shape index (κ3) is 7.68. The number of unbranched alkanes of at least 4 members (excludes halogenated alkanes) is 1.